The van der Waals surface area contributed by atoms with Crippen molar-refractivity contribution in [3.63, 3.8) is 0 Å². The van der Waals surface area contributed by atoms with Crippen LogP contribution in [0.2, 0.25) is 0 Å². The Balaban J connectivity index is 0.00000154. The maximum Gasteiger partial charge on any atom is 0.449 e. The van der Waals surface area contributed by atoms with Gasteiger partial charge in [0, 0.05) is 5.75 Å². The summed E-state index contributed by atoms with van der Waals surface area (Å²) in [6, 6.07) is 5.37. The quantitative estimate of drug-likeness (QED) is 0.656. The van der Waals surface area contributed by atoms with E-state index in [1.165, 1.54) is 31.3 Å². The molecule has 0 aliphatic heterocycles. The number of hydrogen-bond donors (Lipinski definition) is 3. The van der Waals surface area contributed by atoms with Crippen LogP contribution in [0.4, 0.5) is 0 Å². The van der Waals surface area contributed by atoms with E-state index in [-0.39, 0.29) is 23.7 Å². The molecule has 19 heavy (non-hydrogen) atoms. The Kier molecular flexibility index (Phi) is 8.16. The summed E-state index contributed by atoms with van der Waals surface area (Å²) in [5.74, 6) is -1.38. The SMILES string of the molecule is CN.O=C(O)c1ccccc1OS(=O)(=O)OCCS. The molecule has 0 aliphatic rings. The van der Waals surface area contributed by atoms with E-state index in [1.807, 2.05) is 0 Å². The molecule has 0 saturated heterocycles. The van der Waals surface area contributed by atoms with E-state index in [1.54, 1.807) is 0 Å². The molecule has 108 valence electrons. The number of carboxylic acid groups (broad SMARTS) is 1. The summed E-state index contributed by atoms with van der Waals surface area (Å²) in [7, 11) is -2.77. The van der Waals surface area contributed by atoms with E-state index in [2.05, 4.69) is 26.7 Å². The molecule has 0 amide bonds. The van der Waals surface area contributed by atoms with Crippen LogP contribution in [0.5, 0.6) is 5.75 Å². The lowest BCUT2D eigenvalue weighted by Crippen LogP contribution is -2.16. The number of thiol groups is 1. The third kappa shape index (κ3) is 6.43. The van der Waals surface area contributed by atoms with Gasteiger partial charge < -0.3 is 15.0 Å². The molecular formula is C10H15NO6S2. The van der Waals surface area contributed by atoms with E-state index in [4.69, 9.17) is 5.11 Å². The summed E-state index contributed by atoms with van der Waals surface area (Å²) in [6.45, 7) is -0.152. The number of rotatable bonds is 6. The Labute approximate surface area is 117 Å². The van der Waals surface area contributed by atoms with E-state index >= 15 is 0 Å². The zero-order valence-electron chi connectivity index (χ0n) is 10.1. The zero-order chi connectivity index (χ0) is 14.9. The van der Waals surface area contributed by atoms with Crippen molar-refractivity contribution < 1.29 is 26.7 Å². The number of nitrogens with two attached hydrogens (primary N) is 1. The van der Waals surface area contributed by atoms with Gasteiger partial charge in [0.05, 0.1) is 6.61 Å². The average molecular weight is 309 g/mol. The summed E-state index contributed by atoms with van der Waals surface area (Å²) in [5, 5.41) is 8.81. The molecule has 1 aromatic rings. The highest BCUT2D eigenvalue weighted by Crippen LogP contribution is 2.20. The van der Waals surface area contributed by atoms with Crippen LogP contribution >= 0.6 is 12.6 Å². The van der Waals surface area contributed by atoms with Crippen LogP contribution in [0.15, 0.2) is 24.3 Å². The molecule has 3 N–H and O–H groups in total. The van der Waals surface area contributed by atoms with Crippen LogP contribution in [-0.2, 0) is 14.6 Å². The van der Waals surface area contributed by atoms with Crippen LogP contribution in [0.1, 0.15) is 10.4 Å². The fraction of sp³-hybridized carbons (Fsp3) is 0.300. The fourth-order valence-electron chi connectivity index (χ4n) is 0.989. The first-order valence-corrected chi connectivity index (χ1v) is 7.02. The number of para-hydroxylation sites is 1. The van der Waals surface area contributed by atoms with Crippen molar-refractivity contribution in [1.82, 2.24) is 0 Å². The predicted octanol–water partition coefficient (Wildman–Crippen LogP) is 0.530. The van der Waals surface area contributed by atoms with Gasteiger partial charge in [0.15, 0.2) is 5.75 Å². The van der Waals surface area contributed by atoms with Gasteiger partial charge in [-0.2, -0.15) is 21.0 Å². The van der Waals surface area contributed by atoms with Gasteiger partial charge in [0.1, 0.15) is 5.56 Å². The van der Waals surface area contributed by atoms with Crippen LogP contribution in [0.25, 0.3) is 0 Å². The van der Waals surface area contributed by atoms with Gasteiger partial charge in [-0.05, 0) is 19.2 Å². The molecule has 0 aliphatic carbocycles. The number of carboxylic acids is 1. The van der Waals surface area contributed by atoms with Crippen LogP contribution in [0, 0.1) is 0 Å². The predicted molar refractivity (Wildman–Crippen MR) is 72.9 cm³/mol. The minimum absolute atomic E-state index is 0.152. The topological polar surface area (TPSA) is 116 Å². The van der Waals surface area contributed by atoms with Crippen LogP contribution < -0.4 is 9.92 Å². The normalized spacial score (nSPS) is 10.3. The standard InChI is InChI=1S/C9H10O6S2.CH5N/c10-9(11)7-3-1-2-4-8(7)15-17(12,13)14-5-6-16;1-2/h1-4,16H,5-6H2,(H,10,11);2H2,1H3. The molecule has 1 aromatic carbocycles. The second kappa shape index (κ2) is 8.75. The maximum absolute atomic E-state index is 11.3. The molecule has 0 radical (unpaired) electrons. The van der Waals surface area contributed by atoms with Crippen molar-refractivity contribution in [3.8, 4) is 5.75 Å². The summed E-state index contributed by atoms with van der Waals surface area (Å²) in [6.07, 6.45) is 0. The molecule has 0 fully saturated rings. The summed E-state index contributed by atoms with van der Waals surface area (Å²) >= 11 is 3.77. The maximum atomic E-state index is 11.3. The summed E-state index contributed by atoms with van der Waals surface area (Å²) in [5.41, 5.74) is 4.24. The monoisotopic (exact) mass is 309 g/mol. The highest BCUT2D eigenvalue weighted by molar-refractivity contribution is 7.82. The molecule has 0 unspecified atom stereocenters. The molecule has 7 nitrogen and oxygen atoms in total. The largest absolute Gasteiger partial charge is 0.478 e. The van der Waals surface area contributed by atoms with Crippen LogP contribution in [0.3, 0.4) is 0 Å². The molecule has 1 rings (SSSR count). The lowest BCUT2D eigenvalue weighted by Gasteiger charge is -2.08. The molecule has 0 spiro atoms. The molecule has 0 bridgehead atoms. The third-order valence-corrected chi connectivity index (χ3v) is 2.65. The van der Waals surface area contributed by atoms with Crippen molar-refractivity contribution in [2.75, 3.05) is 19.4 Å². The minimum Gasteiger partial charge on any atom is -0.478 e. The second-order valence-electron chi connectivity index (χ2n) is 2.84. The lowest BCUT2D eigenvalue weighted by molar-refractivity contribution is 0.0695. The first kappa shape index (κ1) is 17.7. The van der Waals surface area contributed by atoms with Crippen molar-refractivity contribution >= 4 is 29.0 Å². The van der Waals surface area contributed by atoms with E-state index in [9.17, 15) is 13.2 Å². The molecule has 0 heterocycles. The zero-order valence-corrected chi connectivity index (χ0v) is 11.9. The van der Waals surface area contributed by atoms with Crippen molar-refractivity contribution in [2.24, 2.45) is 5.73 Å². The van der Waals surface area contributed by atoms with Gasteiger partial charge in [-0.3, -0.25) is 0 Å². The smallest absolute Gasteiger partial charge is 0.449 e. The molecule has 0 atom stereocenters. The molecule has 0 aromatic heterocycles. The second-order valence-corrected chi connectivity index (χ2v) is 4.50. The molecular weight excluding hydrogens is 294 g/mol. The molecule has 9 heteroatoms. The minimum atomic E-state index is -4.27. The van der Waals surface area contributed by atoms with E-state index in [0.717, 1.165) is 0 Å². The van der Waals surface area contributed by atoms with Gasteiger partial charge in [-0.1, -0.05) is 12.1 Å². The Morgan fingerprint density at radius 2 is 1.95 bits per heavy atom. The fourth-order valence-corrected chi connectivity index (χ4v) is 1.90. The third-order valence-electron chi connectivity index (χ3n) is 1.63. The van der Waals surface area contributed by atoms with Crippen molar-refractivity contribution in [3.05, 3.63) is 29.8 Å². The summed E-state index contributed by atoms with van der Waals surface area (Å²) < 4.78 is 31.5. The Morgan fingerprint density at radius 3 is 2.47 bits per heavy atom. The summed E-state index contributed by atoms with van der Waals surface area (Å²) in [4.78, 5) is 10.8. The number of benzene rings is 1. The van der Waals surface area contributed by atoms with Crippen molar-refractivity contribution in [2.45, 2.75) is 0 Å². The Hall–Kier alpha value is -1.29. The Bertz CT molecular complexity index is 502. The number of carbonyl (C=O) groups is 1. The first-order chi connectivity index (χ1) is 8.96. The van der Waals surface area contributed by atoms with Gasteiger partial charge in [-0.15, -0.1) is 0 Å². The first-order valence-electron chi connectivity index (χ1n) is 5.06. The highest BCUT2D eigenvalue weighted by Gasteiger charge is 2.18. The molecule has 0 saturated carbocycles. The number of hydrogen-bond acceptors (Lipinski definition) is 7. The van der Waals surface area contributed by atoms with Gasteiger partial charge >= 0.3 is 16.4 Å². The Morgan fingerprint density at radius 1 is 1.37 bits per heavy atom. The van der Waals surface area contributed by atoms with Crippen molar-refractivity contribution in [1.29, 1.82) is 0 Å². The van der Waals surface area contributed by atoms with E-state index in [0.29, 0.717) is 0 Å². The van der Waals surface area contributed by atoms with Gasteiger partial charge in [-0.25, -0.2) is 8.98 Å². The lowest BCUT2D eigenvalue weighted by atomic mass is 10.2. The van der Waals surface area contributed by atoms with Gasteiger partial charge in [0.25, 0.3) is 0 Å². The van der Waals surface area contributed by atoms with Gasteiger partial charge in [0.2, 0.25) is 0 Å². The number of aromatic carboxylic acids is 1. The highest BCUT2D eigenvalue weighted by atomic mass is 32.3. The van der Waals surface area contributed by atoms with Crippen LogP contribution in [-0.4, -0.2) is 38.9 Å². The van der Waals surface area contributed by atoms with E-state index < -0.39 is 16.4 Å². The average Bonchev–Trinajstić information content (AvgIpc) is 2.39.